The molecule has 0 saturated heterocycles. The van der Waals surface area contributed by atoms with Gasteiger partial charge in [-0.2, -0.15) is 0 Å². The maximum Gasteiger partial charge on any atom is 0.240 e. The number of benzene rings is 2. The Morgan fingerprint density at radius 3 is 2.52 bits per heavy atom. The Bertz CT molecular complexity index is 1310. The van der Waals surface area contributed by atoms with Crippen molar-refractivity contribution < 1.29 is 12.8 Å². The smallest absolute Gasteiger partial charge is 0.240 e. The van der Waals surface area contributed by atoms with Crippen molar-refractivity contribution in [3.05, 3.63) is 58.6 Å². The highest BCUT2D eigenvalue weighted by molar-refractivity contribution is 7.89. The van der Waals surface area contributed by atoms with Crippen molar-refractivity contribution in [3.63, 3.8) is 0 Å². The number of primary sulfonamides is 1. The van der Waals surface area contributed by atoms with Crippen LogP contribution in [0.3, 0.4) is 0 Å². The van der Waals surface area contributed by atoms with Crippen LogP contribution in [0.25, 0.3) is 22.0 Å². The molecule has 0 bridgehead atoms. The van der Waals surface area contributed by atoms with Crippen LogP contribution in [0, 0.1) is 12.7 Å². The second-order valence-corrected chi connectivity index (χ2v) is 9.01. The Hall–Kier alpha value is -3.02. The summed E-state index contributed by atoms with van der Waals surface area (Å²) in [5.74, 6) is 0.0379. The lowest BCUT2D eigenvalue weighted by atomic mass is 10.0. The molecule has 4 rings (SSSR count). The number of nitrogens with two attached hydrogens (primary N) is 1. The van der Waals surface area contributed by atoms with Crippen molar-refractivity contribution in [2.75, 3.05) is 5.32 Å². The third-order valence-corrected chi connectivity index (χ3v) is 5.93. The van der Waals surface area contributed by atoms with Crippen LogP contribution in [0.2, 0.25) is 0 Å². The van der Waals surface area contributed by atoms with E-state index in [0.29, 0.717) is 28.9 Å². The molecule has 0 spiro atoms. The van der Waals surface area contributed by atoms with E-state index in [1.165, 1.54) is 35.9 Å². The molecule has 29 heavy (non-hydrogen) atoms. The van der Waals surface area contributed by atoms with E-state index in [1.807, 2.05) is 6.92 Å². The second-order valence-electron chi connectivity index (χ2n) is 6.21. The van der Waals surface area contributed by atoms with Crippen molar-refractivity contribution in [1.29, 1.82) is 0 Å². The van der Waals surface area contributed by atoms with Crippen LogP contribution >= 0.6 is 11.3 Å². The van der Waals surface area contributed by atoms with Gasteiger partial charge in [0, 0.05) is 5.39 Å². The first-order chi connectivity index (χ1) is 13.8. The standard InChI is InChI=1S/C18H15FN6O2S2/c1-10-24-25-16(28-10)8-21-18-14-6-12(11-2-4-13(19)5-3-11)7-15(29(20,26)27)17(14)22-9-23-18/h2-7,9H,8H2,1H3,(H2,20,26,27)(H,21,22,23). The summed E-state index contributed by atoms with van der Waals surface area (Å²) >= 11 is 1.44. The van der Waals surface area contributed by atoms with Gasteiger partial charge in [-0.25, -0.2) is 27.9 Å². The number of halogens is 1. The summed E-state index contributed by atoms with van der Waals surface area (Å²) in [7, 11) is -4.06. The number of hydrogen-bond acceptors (Lipinski definition) is 8. The average Bonchev–Trinajstić information content (AvgIpc) is 3.10. The van der Waals surface area contributed by atoms with E-state index in [-0.39, 0.29) is 16.2 Å². The number of fused-ring (bicyclic) bond motifs is 1. The van der Waals surface area contributed by atoms with Crippen LogP contribution in [0.15, 0.2) is 47.6 Å². The molecule has 0 amide bonds. The summed E-state index contributed by atoms with van der Waals surface area (Å²) in [5.41, 5.74) is 1.38. The molecule has 0 aliphatic rings. The molecule has 2 aromatic heterocycles. The molecule has 4 aromatic rings. The van der Waals surface area contributed by atoms with E-state index < -0.39 is 10.0 Å². The van der Waals surface area contributed by atoms with E-state index >= 15 is 0 Å². The third kappa shape index (κ3) is 4.06. The van der Waals surface area contributed by atoms with E-state index in [4.69, 9.17) is 5.14 Å². The van der Waals surface area contributed by atoms with Crippen molar-refractivity contribution in [2.45, 2.75) is 18.4 Å². The van der Waals surface area contributed by atoms with Crippen molar-refractivity contribution in [2.24, 2.45) is 5.14 Å². The van der Waals surface area contributed by atoms with Crippen LogP contribution in [0.5, 0.6) is 0 Å². The predicted octanol–water partition coefficient (Wildman–Crippen LogP) is 2.86. The molecule has 0 aliphatic carbocycles. The fourth-order valence-electron chi connectivity index (χ4n) is 2.87. The fraction of sp³-hybridized carbons (Fsp3) is 0.111. The molecular formula is C18H15FN6O2S2. The Morgan fingerprint density at radius 2 is 1.86 bits per heavy atom. The first-order valence-corrected chi connectivity index (χ1v) is 10.8. The van der Waals surface area contributed by atoms with Crippen LogP contribution in [-0.2, 0) is 16.6 Å². The fourth-order valence-corrected chi connectivity index (χ4v) is 4.24. The first kappa shape index (κ1) is 19.3. The zero-order valence-corrected chi connectivity index (χ0v) is 16.8. The van der Waals surface area contributed by atoms with E-state index in [1.54, 1.807) is 18.2 Å². The number of hydrogen-bond donors (Lipinski definition) is 2. The number of nitrogens with zero attached hydrogens (tertiary/aromatic N) is 4. The maximum atomic E-state index is 13.3. The van der Waals surface area contributed by atoms with Gasteiger partial charge in [0.1, 0.15) is 32.9 Å². The summed E-state index contributed by atoms with van der Waals surface area (Å²) in [6, 6.07) is 8.89. The monoisotopic (exact) mass is 430 g/mol. The molecule has 3 N–H and O–H groups in total. The minimum absolute atomic E-state index is 0.133. The molecule has 0 saturated carbocycles. The lowest BCUT2D eigenvalue weighted by molar-refractivity contribution is 0.598. The van der Waals surface area contributed by atoms with Gasteiger partial charge >= 0.3 is 0 Å². The van der Waals surface area contributed by atoms with Gasteiger partial charge in [0.05, 0.1) is 12.1 Å². The van der Waals surface area contributed by atoms with Crippen molar-refractivity contribution in [3.8, 4) is 11.1 Å². The van der Waals surface area contributed by atoms with Crippen LogP contribution < -0.4 is 10.5 Å². The molecule has 0 aliphatic heterocycles. The van der Waals surface area contributed by atoms with Gasteiger partial charge in [-0.05, 0) is 42.3 Å². The molecule has 148 valence electrons. The SMILES string of the molecule is Cc1nnc(CNc2ncnc3c(S(N)(=O)=O)cc(-c4ccc(F)cc4)cc23)s1. The number of nitrogens with one attached hydrogen (secondary N) is 1. The Balaban J connectivity index is 1.86. The van der Waals surface area contributed by atoms with E-state index in [2.05, 4.69) is 25.5 Å². The molecule has 0 radical (unpaired) electrons. The van der Waals surface area contributed by atoms with Gasteiger partial charge in [-0.3, -0.25) is 0 Å². The molecule has 0 fully saturated rings. The molecule has 0 atom stereocenters. The van der Waals surface area contributed by atoms with E-state index in [0.717, 1.165) is 10.0 Å². The highest BCUT2D eigenvalue weighted by Crippen LogP contribution is 2.32. The number of aryl methyl sites for hydroxylation is 1. The third-order valence-electron chi connectivity index (χ3n) is 4.16. The number of aromatic nitrogens is 4. The largest absolute Gasteiger partial charge is 0.363 e. The Kier molecular flexibility index (Phi) is 4.94. The van der Waals surface area contributed by atoms with Crippen molar-refractivity contribution >= 4 is 38.1 Å². The Morgan fingerprint density at radius 1 is 1.10 bits per heavy atom. The van der Waals surface area contributed by atoms with Gasteiger partial charge in [-0.15, -0.1) is 10.2 Å². The van der Waals surface area contributed by atoms with E-state index in [9.17, 15) is 12.8 Å². The average molecular weight is 430 g/mol. The zero-order chi connectivity index (χ0) is 20.6. The normalized spacial score (nSPS) is 11.7. The minimum atomic E-state index is -4.06. The lowest BCUT2D eigenvalue weighted by Crippen LogP contribution is -2.14. The number of rotatable bonds is 5. The summed E-state index contributed by atoms with van der Waals surface area (Å²) in [5, 5.41) is 18.7. The summed E-state index contributed by atoms with van der Waals surface area (Å²) in [4.78, 5) is 8.23. The molecule has 2 aromatic carbocycles. The number of anilines is 1. The first-order valence-electron chi connectivity index (χ1n) is 8.41. The van der Waals surface area contributed by atoms with Gasteiger partial charge in [0.2, 0.25) is 10.0 Å². The maximum absolute atomic E-state index is 13.3. The van der Waals surface area contributed by atoms with Crippen molar-refractivity contribution in [1.82, 2.24) is 20.2 Å². The second kappa shape index (κ2) is 7.43. The number of sulfonamides is 1. The molecule has 8 nitrogen and oxygen atoms in total. The lowest BCUT2D eigenvalue weighted by Gasteiger charge is -2.12. The topological polar surface area (TPSA) is 124 Å². The molecule has 2 heterocycles. The summed E-state index contributed by atoms with van der Waals surface area (Å²) < 4.78 is 37.7. The molecular weight excluding hydrogens is 415 g/mol. The Labute approximate surface area is 169 Å². The quantitative estimate of drug-likeness (QED) is 0.499. The highest BCUT2D eigenvalue weighted by atomic mass is 32.2. The summed E-state index contributed by atoms with van der Waals surface area (Å²) in [6.45, 7) is 2.22. The van der Waals surface area contributed by atoms with Gasteiger partial charge in [0.25, 0.3) is 0 Å². The minimum Gasteiger partial charge on any atom is -0.363 e. The molecule has 0 unspecified atom stereocenters. The van der Waals surface area contributed by atoms with Gasteiger partial charge in [0.15, 0.2) is 0 Å². The van der Waals surface area contributed by atoms with Gasteiger partial charge in [-0.1, -0.05) is 23.5 Å². The predicted molar refractivity (Wildman–Crippen MR) is 108 cm³/mol. The highest BCUT2D eigenvalue weighted by Gasteiger charge is 2.19. The van der Waals surface area contributed by atoms with Crippen LogP contribution in [0.1, 0.15) is 10.0 Å². The van der Waals surface area contributed by atoms with Crippen LogP contribution in [0.4, 0.5) is 10.2 Å². The summed E-state index contributed by atoms with van der Waals surface area (Å²) in [6.07, 6.45) is 1.27. The zero-order valence-electron chi connectivity index (χ0n) is 15.1. The van der Waals surface area contributed by atoms with Crippen LogP contribution in [-0.4, -0.2) is 28.6 Å². The van der Waals surface area contributed by atoms with Gasteiger partial charge < -0.3 is 5.32 Å². The molecule has 11 heteroatoms.